The molecule has 0 saturated heterocycles. The SMILES string of the molecule is CCNC(c1ccco1)C1(CC)CCCC1. The molecule has 1 aromatic rings. The summed E-state index contributed by atoms with van der Waals surface area (Å²) in [6, 6.07) is 4.51. The molecule has 0 radical (unpaired) electrons. The normalized spacial score (nSPS) is 21.1. The van der Waals surface area contributed by atoms with E-state index in [1.54, 1.807) is 6.26 Å². The Morgan fingerprint density at radius 1 is 1.38 bits per heavy atom. The van der Waals surface area contributed by atoms with Gasteiger partial charge in [0.2, 0.25) is 0 Å². The van der Waals surface area contributed by atoms with Crippen LogP contribution in [0, 0.1) is 5.41 Å². The molecule has 1 unspecified atom stereocenters. The Morgan fingerprint density at radius 2 is 2.12 bits per heavy atom. The number of rotatable bonds is 5. The van der Waals surface area contributed by atoms with Gasteiger partial charge in [-0.15, -0.1) is 0 Å². The van der Waals surface area contributed by atoms with Crippen LogP contribution in [0.1, 0.15) is 57.8 Å². The van der Waals surface area contributed by atoms with Gasteiger partial charge in [-0.2, -0.15) is 0 Å². The predicted octanol–water partition coefficient (Wildman–Crippen LogP) is 3.90. The Bertz CT molecular complexity index is 299. The number of furan rings is 1. The Hall–Kier alpha value is -0.760. The molecule has 0 spiro atoms. The van der Waals surface area contributed by atoms with Gasteiger partial charge in [0.25, 0.3) is 0 Å². The average molecular weight is 221 g/mol. The van der Waals surface area contributed by atoms with Crippen molar-refractivity contribution in [1.82, 2.24) is 5.32 Å². The van der Waals surface area contributed by atoms with Crippen molar-refractivity contribution in [2.45, 2.75) is 52.0 Å². The summed E-state index contributed by atoms with van der Waals surface area (Å²) >= 11 is 0. The van der Waals surface area contributed by atoms with Gasteiger partial charge in [-0.3, -0.25) is 0 Å². The van der Waals surface area contributed by atoms with Crippen molar-refractivity contribution in [1.29, 1.82) is 0 Å². The minimum atomic E-state index is 0.403. The third-order valence-corrected chi connectivity index (χ3v) is 4.15. The van der Waals surface area contributed by atoms with Crippen LogP contribution in [0.4, 0.5) is 0 Å². The van der Waals surface area contributed by atoms with Gasteiger partial charge in [0.05, 0.1) is 12.3 Å². The Balaban J connectivity index is 2.23. The molecule has 1 fully saturated rings. The third kappa shape index (κ3) is 2.03. The molecule has 2 heteroatoms. The van der Waals surface area contributed by atoms with Crippen molar-refractivity contribution in [3.05, 3.63) is 24.2 Å². The van der Waals surface area contributed by atoms with Gasteiger partial charge < -0.3 is 9.73 Å². The first-order valence-electron chi connectivity index (χ1n) is 6.59. The van der Waals surface area contributed by atoms with Crippen molar-refractivity contribution in [3.63, 3.8) is 0 Å². The minimum absolute atomic E-state index is 0.403. The predicted molar refractivity (Wildman–Crippen MR) is 66.3 cm³/mol. The van der Waals surface area contributed by atoms with Gasteiger partial charge >= 0.3 is 0 Å². The van der Waals surface area contributed by atoms with Crippen LogP contribution >= 0.6 is 0 Å². The molecule has 90 valence electrons. The lowest BCUT2D eigenvalue weighted by Crippen LogP contribution is -2.35. The summed E-state index contributed by atoms with van der Waals surface area (Å²) < 4.78 is 5.62. The van der Waals surface area contributed by atoms with Gasteiger partial charge in [0.15, 0.2) is 0 Å². The highest BCUT2D eigenvalue weighted by Crippen LogP contribution is 2.50. The van der Waals surface area contributed by atoms with Crippen LogP contribution in [0.5, 0.6) is 0 Å². The van der Waals surface area contributed by atoms with E-state index in [9.17, 15) is 0 Å². The van der Waals surface area contributed by atoms with Gasteiger partial charge in [0, 0.05) is 0 Å². The highest BCUT2D eigenvalue weighted by Gasteiger charge is 2.41. The summed E-state index contributed by atoms with van der Waals surface area (Å²) in [6.07, 6.45) is 8.44. The van der Waals surface area contributed by atoms with E-state index in [1.165, 1.54) is 32.1 Å². The van der Waals surface area contributed by atoms with E-state index >= 15 is 0 Å². The van der Waals surface area contributed by atoms with Crippen LogP contribution in [0.2, 0.25) is 0 Å². The van der Waals surface area contributed by atoms with Gasteiger partial charge in [-0.25, -0.2) is 0 Å². The largest absolute Gasteiger partial charge is 0.468 e. The first-order chi connectivity index (χ1) is 7.82. The molecular weight excluding hydrogens is 198 g/mol. The molecule has 0 aliphatic heterocycles. The second-order valence-corrected chi connectivity index (χ2v) is 4.93. The minimum Gasteiger partial charge on any atom is -0.468 e. The van der Waals surface area contributed by atoms with E-state index in [2.05, 4.69) is 25.2 Å². The fourth-order valence-corrected chi connectivity index (χ4v) is 3.20. The standard InChI is InChI=1S/C14H23NO/c1-3-14(9-5-6-10-14)13(15-4-2)12-8-7-11-16-12/h7-8,11,13,15H,3-6,9-10H2,1-2H3. The van der Waals surface area contributed by atoms with Crippen molar-refractivity contribution >= 4 is 0 Å². The Morgan fingerprint density at radius 3 is 2.62 bits per heavy atom. The average Bonchev–Trinajstić information content (AvgIpc) is 2.98. The van der Waals surface area contributed by atoms with Gasteiger partial charge in [0.1, 0.15) is 5.76 Å². The van der Waals surface area contributed by atoms with Crippen molar-refractivity contribution in [3.8, 4) is 0 Å². The molecular formula is C14H23NO. The zero-order valence-corrected chi connectivity index (χ0v) is 10.5. The van der Waals surface area contributed by atoms with Crippen molar-refractivity contribution in [2.75, 3.05) is 6.54 Å². The maximum atomic E-state index is 5.62. The van der Waals surface area contributed by atoms with E-state index in [0.29, 0.717) is 11.5 Å². The Kier molecular flexibility index (Phi) is 3.70. The van der Waals surface area contributed by atoms with Crippen LogP contribution in [-0.2, 0) is 0 Å². The zero-order valence-electron chi connectivity index (χ0n) is 10.5. The molecule has 0 bridgehead atoms. The molecule has 2 nitrogen and oxygen atoms in total. The summed E-state index contributed by atoms with van der Waals surface area (Å²) in [5.74, 6) is 1.12. The molecule has 1 atom stereocenters. The second kappa shape index (κ2) is 5.05. The summed E-state index contributed by atoms with van der Waals surface area (Å²) in [7, 11) is 0. The maximum absolute atomic E-state index is 5.62. The molecule has 0 amide bonds. The fraction of sp³-hybridized carbons (Fsp3) is 0.714. The fourth-order valence-electron chi connectivity index (χ4n) is 3.20. The highest BCUT2D eigenvalue weighted by molar-refractivity contribution is 5.11. The maximum Gasteiger partial charge on any atom is 0.121 e. The lowest BCUT2D eigenvalue weighted by atomic mass is 9.75. The molecule has 1 heterocycles. The Labute approximate surface area is 98.4 Å². The lowest BCUT2D eigenvalue weighted by molar-refractivity contribution is 0.167. The van der Waals surface area contributed by atoms with Crippen LogP contribution in [0.3, 0.4) is 0 Å². The molecule has 2 rings (SSSR count). The molecule has 0 aromatic carbocycles. The number of hydrogen-bond donors (Lipinski definition) is 1. The topological polar surface area (TPSA) is 25.2 Å². The summed E-state index contributed by atoms with van der Waals surface area (Å²) in [4.78, 5) is 0. The molecule has 16 heavy (non-hydrogen) atoms. The zero-order chi connectivity index (χ0) is 11.4. The van der Waals surface area contributed by atoms with Gasteiger partial charge in [-0.1, -0.05) is 26.7 Å². The van der Waals surface area contributed by atoms with Crippen LogP contribution in [0.15, 0.2) is 22.8 Å². The smallest absolute Gasteiger partial charge is 0.121 e. The van der Waals surface area contributed by atoms with Crippen molar-refractivity contribution in [2.24, 2.45) is 5.41 Å². The van der Waals surface area contributed by atoms with Gasteiger partial charge in [-0.05, 0) is 43.4 Å². The van der Waals surface area contributed by atoms with Crippen molar-refractivity contribution < 1.29 is 4.42 Å². The summed E-state index contributed by atoms with van der Waals surface area (Å²) in [5, 5.41) is 3.62. The number of nitrogens with one attached hydrogen (secondary N) is 1. The summed E-state index contributed by atoms with van der Waals surface area (Å²) in [6.45, 7) is 5.50. The van der Waals surface area contributed by atoms with Crippen LogP contribution in [-0.4, -0.2) is 6.54 Å². The molecule has 1 aliphatic rings. The lowest BCUT2D eigenvalue weighted by Gasteiger charge is -2.36. The van der Waals surface area contributed by atoms with E-state index < -0.39 is 0 Å². The first kappa shape index (κ1) is 11.7. The summed E-state index contributed by atoms with van der Waals surface area (Å²) in [5.41, 5.74) is 0.424. The van der Waals surface area contributed by atoms with Crippen LogP contribution < -0.4 is 5.32 Å². The van der Waals surface area contributed by atoms with E-state index in [-0.39, 0.29) is 0 Å². The quantitative estimate of drug-likeness (QED) is 0.815. The number of hydrogen-bond acceptors (Lipinski definition) is 2. The molecule has 1 N–H and O–H groups in total. The highest BCUT2D eigenvalue weighted by atomic mass is 16.3. The van der Waals surface area contributed by atoms with E-state index in [1.807, 2.05) is 6.07 Å². The second-order valence-electron chi connectivity index (χ2n) is 4.93. The third-order valence-electron chi connectivity index (χ3n) is 4.15. The monoisotopic (exact) mass is 221 g/mol. The van der Waals surface area contributed by atoms with E-state index in [0.717, 1.165) is 12.3 Å². The molecule has 1 aliphatic carbocycles. The van der Waals surface area contributed by atoms with E-state index in [4.69, 9.17) is 4.42 Å². The molecule has 1 aromatic heterocycles. The van der Waals surface area contributed by atoms with Crippen LogP contribution in [0.25, 0.3) is 0 Å². The molecule has 1 saturated carbocycles. The first-order valence-corrected chi connectivity index (χ1v) is 6.59.